The standard InChI is InChI=1S/C16H26N2O2S/c1-4-14-8-7-13(11-17)10-16(14)21(19,20)18-9-5-6-15(18)12(2)3/h7-8,10,12,15H,4-6,9,11,17H2,1-3H3. The van der Waals surface area contributed by atoms with Crippen LogP contribution in [0.2, 0.25) is 0 Å². The molecule has 1 fully saturated rings. The van der Waals surface area contributed by atoms with Crippen LogP contribution >= 0.6 is 0 Å². The smallest absolute Gasteiger partial charge is 0.243 e. The SMILES string of the molecule is CCc1ccc(CN)cc1S(=O)(=O)N1CCCC1C(C)C. The lowest BCUT2D eigenvalue weighted by atomic mass is 10.0. The maximum absolute atomic E-state index is 13.1. The van der Waals surface area contributed by atoms with Gasteiger partial charge in [0, 0.05) is 19.1 Å². The van der Waals surface area contributed by atoms with Crippen LogP contribution < -0.4 is 5.73 Å². The van der Waals surface area contributed by atoms with Crippen molar-refractivity contribution in [1.29, 1.82) is 0 Å². The van der Waals surface area contributed by atoms with Gasteiger partial charge < -0.3 is 5.73 Å². The molecule has 1 aliphatic heterocycles. The van der Waals surface area contributed by atoms with Gasteiger partial charge in [-0.05, 0) is 42.4 Å². The third kappa shape index (κ3) is 3.15. The number of rotatable bonds is 5. The summed E-state index contributed by atoms with van der Waals surface area (Å²) in [5, 5.41) is 0. The molecule has 0 aliphatic carbocycles. The number of nitrogens with two attached hydrogens (primary N) is 1. The first-order chi connectivity index (χ1) is 9.91. The second-order valence-electron chi connectivity index (χ2n) is 6.07. The van der Waals surface area contributed by atoms with E-state index in [4.69, 9.17) is 5.73 Å². The Kier molecular flexibility index (Phi) is 5.07. The summed E-state index contributed by atoms with van der Waals surface area (Å²) in [6.45, 7) is 7.16. The molecule has 2 N–H and O–H groups in total. The molecule has 0 spiro atoms. The fourth-order valence-corrected chi connectivity index (χ4v) is 5.29. The molecule has 0 radical (unpaired) electrons. The molecule has 1 aliphatic rings. The van der Waals surface area contributed by atoms with Crippen LogP contribution in [-0.2, 0) is 23.0 Å². The Morgan fingerprint density at radius 3 is 2.67 bits per heavy atom. The molecule has 0 amide bonds. The zero-order valence-electron chi connectivity index (χ0n) is 13.2. The van der Waals surface area contributed by atoms with Crippen LogP contribution in [0.4, 0.5) is 0 Å². The summed E-state index contributed by atoms with van der Waals surface area (Å²) >= 11 is 0. The van der Waals surface area contributed by atoms with Gasteiger partial charge in [0.1, 0.15) is 0 Å². The van der Waals surface area contributed by atoms with E-state index >= 15 is 0 Å². The lowest BCUT2D eigenvalue weighted by molar-refractivity contribution is 0.315. The topological polar surface area (TPSA) is 63.4 Å². The number of sulfonamides is 1. The van der Waals surface area contributed by atoms with Gasteiger partial charge in [0.2, 0.25) is 10.0 Å². The largest absolute Gasteiger partial charge is 0.326 e. The number of aryl methyl sites for hydroxylation is 1. The summed E-state index contributed by atoms with van der Waals surface area (Å²) in [7, 11) is -3.43. The van der Waals surface area contributed by atoms with Gasteiger partial charge in [0.25, 0.3) is 0 Å². The predicted molar refractivity (Wildman–Crippen MR) is 85.5 cm³/mol. The summed E-state index contributed by atoms with van der Waals surface area (Å²) in [5.41, 5.74) is 7.42. The fraction of sp³-hybridized carbons (Fsp3) is 0.625. The Bertz CT molecular complexity index is 596. The van der Waals surface area contributed by atoms with Gasteiger partial charge >= 0.3 is 0 Å². The van der Waals surface area contributed by atoms with E-state index in [1.54, 1.807) is 10.4 Å². The van der Waals surface area contributed by atoms with Crippen LogP contribution in [0, 0.1) is 5.92 Å². The number of hydrogen-bond donors (Lipinski definition) is 1. The highest BCUT2D eigenvalue weighted by Gasteiger charge is 2.37. The van der Waals surface area contributed by atoms with Crippen LogP contribution in [-0.4, -0.2) is 25.3 Å². The van der Waals surface area contributed by atoms with Crippen LogP contribution in [0.15, 0.2) is 23.1 Å². The monoisotopic (exact) mass is 310 g/mol. The minimum Gasteiger partial charge on any atom is -0.326 e. The number of hydrogen-bond acceptors (Lipinski definition) is 3. The van der Waals surface area contributed by atoms with Crippen LogP contribution in [0.3, 0.4) is 0 Å². The van der Waals surface area contributed by atoms with Crippen molar-refractivity contribution >= 4 is 10.0 Å². The summed E-state index contributed by atoms with van der Waals surface area (Å²) in [6, 6.07) is 5.68. The molecule has 2 rings (SSSR count). The molecule has 5 heteroatoms. The van der Waals surface area contributed by atoms with Crippen LogP contribution in [0.1, 0.15) is 44.7 Å². The van der Waals surface area contributed by atoms with Crippen molar-refractivity contribution in [1.82, 2.24) is 4.31 Å². The van der Waals surface area contributed by atoms with E-state index in [1.165, 1.54) is 0 Å². The van der Waals surface area contributed by atoms with E-state index in [9.17, 15) is 8.42 Å². The molecule has 1 unspecified atom stereocenters. The average molecular weight is 310 g/mol. The molecule has 4 nitrogen and oxygen atoms in total. The van der Waals surface area contributed by atoms with E-state index in [0.717, 1.165) is 24.0 Å². The molecule has 0 saturated carbocycles. The molecule has 1 heterocycles. The van der Waals surface area contributed by atoms with Gasteiger partial charge in [-0.15, -0.1) is 0 Å². The van der Waals surface area contributed by atoms with Crippen molar-refractivity contribution in [2.24, 2.45) is 11.7 Å². The Hall–Kier alpha value is -0.910. The molecular weight excluding hydrogens is 284 g/mol. The normalized spacial score (nSPS) is 20.3. The quantitative estimate of drug-likeness (QED) is 0.909. The molecule has 0 aromatic heterocycles. The fourth-order valence-electron chi connectivity index (χ4n) is 3.11. The van der Waals surface area contributed by atoms with E-state index in [2.05, 4.69) is 13.8 Å². The summed E-state index contributed by atoms with van der Waals surface area (Å²) in [6.07, 6.45) is 2.61. The van der Waals surface area contributed by atoms with E-state index in [-0.39, 0.29) is 6.04 Å². The molecule has 0 bridgehead atoms. The van der Waals surface area contributed by atoms with Gasteiger partial charge in [-0.3, -0.25) is 0 Å². The molecule has 1 aromatic carbocycles. The summed E-state index contributed by atoms with van der Waals surface area (Å²) < 4.78 is 27.9. The average Bonchev–Trinajstić information content (AvgIpc) is 2.97. The first kappa shape index (κ1) is 16.5. The minimum absolute atomic E-state index is 0.112. The predicted octanol–water partition coefficient (Wildman–Crippen LogP) is 2.52. The highest BCUT2D eigenvalue weighted by atomic mass is 32.2. The summed E-state index contributed by atoms with van der Waals surface area (Å²) in [5.74, 6) is 0.338. The molecule has 1 aromatic rings. The molecular formula is C16H26N2O2S. The van der Waals surface area contributed by atoms with Gasteiger partial charge in [-0.2, -0.15) is 4.31 Å². The van der Waals surface area contributed by atoms with Crippen molar-refractivity contribution in [2.75, 3.05) is 6.54 Å². The van der Waals surface area contributed by atoms with Crippen molar-refractivity contribution in [3.63, 3.8) is 0 Å². The first-order valence-corrected chi connectivity index (χ1v) is 9.19. The van der Waals surface area contributed by atoms with Gasteiger partial charge in [0.05, 0.1) is 4.90 Å². The lowest BCUT2D eigenvalue weighted by Crippen LogP contribution is -2.38. The van der Waals surface area contributed by atoms with Gasteiger partial charge in [0.15, 0.2) is 0 Å². The van der Waals surface area contributed by atoms with Crippen molar-refractivity contribution in [3.8, 4) is 0 Å². The Morgan fingerprint density at radius 1 is 1.38 bits per heavy atom. The van der Waals surface area contributed by atoms with Crippen molar-refractivity contribution < 1.29 is 8.42 Å². The highest BCUT2D eigenvalue weighted by molar-refractivity contribution is 7.89. The first-order valence-electron chi connectivity index (χ1n) is 7.75. The zero-order chi connectivity index (χ0) is 15.6. The van der Waals surface area contributed by atoms with Gasteiger partial charge in [-0.1, -0.05) is 32.9 Å². The Morgan fingerprint density at radius 2 is 2.10 bits per heavy atom. The zero-order valence-corrected chi connectivity index (χ0v) is 14.0. The third-order valence-corrected chi connectivity index (χ3v) is 6.36. The number of nitrogens with zero attached hydrogens (tertiary/aromatic N) is 1. The van der Waals surface area contributed by atoms with Gasteiger partial charge in [-0.25, -0.2) is 8.42 Å². The molecule has 1 saturated heterocycles. The molecule has 1 atom stereocenters. The highest BCUT2D eigenvalue weighted by Crippen LogP contribution is 2.32. The third-order valence-electron chi connectivity index (χ3n) is 4.35. The lowest BCUT2D eigenvalue weighted by Gasteiger charge is -2.28. The Labute approximate surface area is 128 Å². The number of benzene rings is 1. The van der Waals surface area contributed by atoms with E-state index < -0.39 is 10.0 Å². The second-order valence-corrected chi connectivity index (χ2v) is 7.93. The Balaban J connectivity index is 2.48. The maximum atomic E-state index is 13.1. The minimum atomic E-state index is -3.43. The maximum Gasteiger partial charge on any atom is 0.243 e. The van der Waals surface area contributed by atoms with E-state index in [0.29, 0.717) is 30.3 Å². The van der Waals surface area contributed by atoms with E-state index in [1.807, 2.05) is 19.1 Å². The second kappa shape index (κ2) is 6.46. The van der Waals surface area contributed by atoms with Crippen molar-refractivity contribution in [3.05, 3.63) is 29.3 Å². The van der Waals surface area contributed by atoms with Crippen molar-refractivity contribution in [2.45, 2.75) is 57.5 Å². The molecule has 21 heavy (non-hydrogen) atoms. The van der Waals surface area contributed by atoms with Crippen LogP contribution in [0.5, 0.6) is 0 Å². The molecule has 118 valence electrons. The summed E-state index contributed by atoms with van der Waals surface area (Å²) in [4.78, 5) is 0.445. The van der Waals surface area contributed by atoms with Crippen LogP contribution in [0.25, 0.3) is 0 Å².